The van der Waals surface area contributed by atoms with Crippen molar-refractivity contribution >= 4 is 22.7 Å². The first-order chi connectivity index (χ1) is 13.7. The summed E-state index contributed by atoms with van der Waals surface area (Å²) in [5, 5.41) is 4.47. The fourth-order valence-corrected chi connectivity index (χ4v) is 3.71. The Kier molecular flexibility index (Phi) is 4.33. The minimum absolute atomic E-state index is 0.227. The molecule has 0 spiro atoms. The monoisotopic (exact) mass is 398 g/mol. The third-order valence-corrected chi connectivity index (χ3v) is 5.20. The van der Waals surface area contributed by atoms with E-state index in [1.807, 2.05) is 30.3 Å². The smallest absolute Gasteiger partial charge is 0.319 e. The molecule has 1 aliphatic rings. The van der Waals surface area contributed by atoms with Crippen molar-refractivity contribution in [3.63, 3.8) is 0 Å². The number of alkyl halides is 3. The zero-order chi connectivity index (χ0) is 20.8. The summed E-state index contributed by atoms with van der Waals surface area (Å²) in [7, 11) is 0. The van der Waals surface area contributed by atoms with Gasteiger partial charge < -0.3 is 5.32 Å². The summed E-state index contributed by atoms with van der Waals surface area (Å²) in [5.41, 5.74) is -1.26. The molecule has 3 aromatic carbocycles. The standard InChI is InChI=1S/C22H17F3N2O2/c1-21(18-11-5-8-15-7-2-3-10-17(15)18)19(28)27(20(29)26-21)13-14-6-4-9-16(12-14)22(23,24)25/h2-12H,13H2,1H3,(H,26,29)/t21-/m1/s1. The quantitative estimate of drug-likeness (QED) is 0.643. The normalized spacial score (nSPS) is 19.7. The van der Waals surface area contributed by atoms with Crippen LogP contribution in [-0.2, 0) is 23.1 Å². The first kappa shape index (κ1) is 19.0. The van der Waals surface area contributed by atoms with Gasteiger partial charge in [-0.3, -0.25) is 9.69 Å². The SMILES string of the molecule is C[C@]1(c2cccc3ccccc23)NC(=O)N(Cc2cccc(C(F)(F)F)c2)C1=O. The maximum absolute atomic E-state index is 13.2. The molecule has 1 aliphatic heterocycles. The summed E-state index contributed by atoms with van der Waals surface area (Å²) in [6, 6.07) is 17.0. The Morgan fingerprint density at radius 1 is 0.966 bits per heavy atom. The van der Waals surface area contributed by atoms with Gasteiger partial charge in [0.15, 0.2) is 0 Å². The second kappa shape index (κ2) is 6.62. The summed E-state index contributed by atoms with van der Waals surface area (Å²) in [5.74, 6) is -0.503. The number of amides is 3. The minimum Gasteiger partial charge on any atom is -0.319 e. The lowest BCUT2D eigenvalue weighted by atomic mass is 9.88. The molecule has 7 heteroatoms. The predicted molar refractivity (Wildman–Crippen MR) is 102 cm³/mol. The number of carbonyl (C=O) groups excluding carboxylic acids is 2. The average molecular weight is 398 g/mol. The van der Waals surface area contributed by atoms with Crippen molar-refractivity contribution in [2.45, 2.75) is 25.2 Å². The number of benzene rings is 3. The van der Waals surface area contributed by atoms with Crippen LogP contribution >= 0.6 is 0 Å². The van der Waals surface area contributed by atoms with Crippen molar-refractivity contribution in [2.75, 3.05) is 0 Å². The molecule has 0 aromatic heterocycles. The van der Waals surface area contributed by atoms with E-state index in [0.717, 1.165) is 27.8 Å². The van der Waals surface area contributed by atoms with Crippen LogP contribution in [0.4, 0.5) is 18.0 Å². The van der Waals surface area contributed by atoms with Crippen LogP contribution < -0.4 is 5.32 Å². The molecule has 0 saturated carbocycles. The Bertz CT molecular complexity index is 1120. The van der Waals surface area contributed by atoms with E-state index in [2.05, 4.69) is 5.32 Å². The van der Waals surface area contributed by atoms with Gasteiger partial charge in [0.05, 0.1) is 12.1 Å². The van der Waals surface area contributed by atoms with Crippen LogP contribution in [0.5, 0.6) is 0 Å². The zero-order valence-electron chi connectivity index (χ0n) is 15.5. The molecule has 0 aliphatic carbocycles. The van der Waals surface area contributed by atoms with E-state index >= 15 is 0 Å². The highest BCUT2D eigenvalue weighted by molar-refractivity contribution is 6.09. The van der Waals surface area contributed by atoms with Crippen LogP contribution in [0.25, 0.3) is 10.8 Å². The molecule has 1 heterocycles. The van der Waals surface area contributed by atoms with Gasteiger partial charge in [-0.15, -0.1) is 0 Å². The molecular weight excluding hydrogens is 381 g/mol. The molecule has 29 heavy (non-hydrogen) atoms. The molecule has 0 unspecified atom stereocenters. The van der Waals surface area contributed by atoms with E-state index in [1.165, 1.54) is 12.1 Å². The van der Waals surface area contributed by atoms with Gasteiger partial charge in [0.1, 0.15) is 5.54 Å². The molecule has 1 saturated heterocycles. The fourth-order valence-electron chi connectivity index (χ4n) is 3.71. The number of nitrogens with one attached hydrogen (secondary N) is 1. The van der Waals surface area contributed by atoms with Gasteiger partial charge >= 0.3 is 12.2 Å². The average Bonchev–Trinajstić information content (AvgIpc) is 2.91. The van der Waals surface area contributed by atoms with E-state index < -0.39 is 29.2 Å². The van der Waals surface area contributed by atoms with Gasteiger partial charge in [-0.25, -0.2) is 4.79 Å². The summed E-state index contributed by atoms with van der Waals surface area (Å²) < 4.78 is 38.9. The third-order valence-electron chi connectivity index (χ3n) is 5.20. The number of nitrogens with zero attached hydrogens (tertiary/aromatic N) is 1. The van der Waals surface area contributed by atoms with Gasteiger partial charge in [0, 0.05) is 0 Å². The first-order valence-electron chi connectivity index (χ1n) is 8.98. The van der Waals surface area contributed by atoms with Crippen molar-refractivity contribution in [3.05, 3.63) is 83.4 Å². The van der Waals surface area contributed by atoms with Crippen molar-refractivity contribution in [2.24, 2.45) is 0 Å². The highest BCUT2D eigenvalue weighted by Crippen LogP contribution is 2.35. The van der Waals surface area contributed by atoms with Crippen molar-refractivity contribution < 1.29 is 22.8 Å². The van der Waals surface area contributed by atoms with Crippen LogP contribution in [0.2, 0.25) is 0 Å². The number of halogens is 3. The number of carbonyl (C=O) groups is 2. The molecule has 148 valence electrons. The highest BCUT2D eigenvalue weighted by Gasteiger charge is 2.49. The van der Waals surface area contributed by atoms with Gasteiger partial charge in [-0.05, 0) is 41.0 Å². The van der Waals surface area contributed by atoms with Crippen LogP contribution in [0.15, 0.2) is 66.7 Å². The van der Waals surface area contributed by atoms with E-state index in [9.17, 15) is 22.8 Å². The minimum atomic E-state index is -4.50. The molecule has 4 nitrogen and oxygen atoms in total. The summed E-state index contributed by atoms with van der Waals surface area (Å²) in [6.45, 7) is 1.37. The predicted octanol–water partition coefficient (Wildman–Crippen LogP) is 4.83. The maximum atomic E-state index is 13.2. The van der Waals surface area contributed by atoms with Crippen LogP contribution in [-0.4, -0.2) is 16.8 Å². The van der Waals surface area contributed by atoms with E-state index in [0.29, 0.717) is 5.56 Å². The number of urea groups is 1. The molecule has 3 amide bonds. The second-order valence-electron chi connectivity index (χ2n) is 7.17. The van der Waals surface area contributed by atoms with Gasteiger partial charge in [-0.1, -0.05) is 54.6 Å². The Morgan fingerprint density at radius 3 is 2.41 bits per heavy atom. The maximum Gasteiger partial charge on any atom is 0.416 e. The molecule has 0 bridgehead atoms. The molecule has 1 atom stereocenters. The lowest BCUT2D eigenvalue weighted by Crippen LogP contribution is -2.41. The Morgan fingerprint density at radius 2 is 1.66 bits per heavy atom. The molecule has 1 fully saturated rings. The highest BCUT2D eigenvalue weighted by atomic mass is 19.4. The molecule has 3 aromatic rings. The van der Waals surface area contributed by atoms with Crippen LogP contribution in [0, 0.1) is 0 Å². The Balaban J connectivity index is 1.69. The van der Waals surface area contributed by atoms with Crippen LogP contribution in [0.3, 0.4) is 0 Å². The fraction of sp³-hybridized carbons (Fsp3) is 0.182. The Labute approximate surface area is 164 Å². The topological polar surface area (TPSA) is 49.4 Å². The lowest BCUT2D eigenvalue weighted by Gasteiger charge is -2.24. The van der Waals surface area contributed by atoms with E-state index in [-0.39, 0.29) is 12.1 Å². The summed E-state index contributed by atoms with van der Waals surface area (Å²) in [4.78, 5) is 26.7. The number of fused-ring (bicyclic) bond motifs is 1. The largest absolute Gasteiger partial charge is 0.416 e. The van der Waals surface area contributed by atoms with E-state index in [1.54, 1.807) is 19.1 Å². The molecular formula is C22H17F3N2O2. The van der Waals surface area contributed by atoms with Crippen molar-refractivity contribution in [1.82, 2.24) is 10.2 Å². The molecule has 0 radical (unpaired) electrons. The zero-order valence-corrected chi connectivity index (χ0v) is 15.5. The summed E-state index contributed by atoms with van der Waals surface area (Å²) in [6.07, 6.45) is -4.50. The second-order valence-corrected chi connectivity index (χ2v) is 7.17. The molecule has 1 N–H and O–H groups in total. The Hall–Kier alpha value is -3.35. The van der Waals surface area contributed by atoms with Gasteiger partial charge in [-0.2, -0.15) is 13.2 Å². The summed E-state index contributed by atoms with van der Waals surface area (Å²) >= 11 is 0. The third kappa shape index (κ3) is 3.22. The number of rotatable bonds is 3. The van der Waals surface area contributed by atoms with Gasteiger partial charge in [0.25, 0.3) is 5.91 Å². The molecule has 4 rings (SSSR count). The number of hydrogen-bond donors (Lipinski definition) is 1. The van der Waals surface area contributed by atoms with E-state index in [4.69, 9.17) is 0 Å². The van der Waals surface area contributed by atoms with Gasteiger partial charge in [0.2, 0.25) is 0 Å². The number of imide groups is 1. The first-order valence-corrected chi connectivity index (χ1v) is 8.98. The lowest BCUT2D eigenvalue weighted by molar-refractivity contribution is -0.137. The van der Waals surface area contributed by atoms with Crippen molar-refractivity contribution in [1.29, 1.82) is 0 Å². The van der Waals surface area contributed by atoms with Crippen molar-refractivity contribution in [3.8, 4) is 0 Å². The van der Waals surface area contributed by atoms with Crippen LogP contribution in [0.1, 0.15) is 23.6 Å². The number of hydrogen-bond acceptors (Lipinski definition) is 2.